The van der Waals surface area contributed by atoms with E-state index in [1.165, 1.54) is 28.6 Å². The van der Waals surface area contributed by atoms with Gasteiger partial charge in [-0.1, -0.05) is 12.5 Å². The summed E-state index contributed by atoms with van der Waals surface area (Å²) in [6.45, 7) is 1.74. The first-order chi connectivity index (χ1) is 12.6. The van der Waals surface area contributed by atoms with Gasteiger partial charge >= 0.3 is 5.97 Å². The summed E-state index contributed by atoms with van der Waals surface area (Å²) in [6.07, 6.45) is 2.29. The maximum absolute atomic E-state index is 14.2. The van der Waals surface area contributed by atoms with Gasteiger partial charge in [0.2, 0.25) is 15.7 Å². The van der Waals surface area contributed by atoms with Crippen LogP contribution in [0.1, 0.15) is 43.0 Å². The Bertz CT molecular complexity index is 859. The highest BCUT2D eigenvalue weighted by atomic mass is 32.2. The zero-order valence-electron chi connectivity index (χ0n) is 15.1. The minimum atomic E-state index is -3.73. The summed E-state index contributed by atoms with van der Waals surface area (Å²) >= 11 is 0. The molecular weight excluding hydrogens is 375 g/mol. The lowest BCUT2D eigenvalue weighted by atomic mass is 10.1. The van der Waals surface area contributed by atoms with Crippen molar-refractivity contribution in [2.24, 2.45) is 0 Å². The van der Waals surface area contributed by atoms with Crippen molar-refractivity contribution in [3.63, 3.8) is 0 Å². The first kappa shape index (κ1) is 19.8. The molecule has 1 N–H and O–H groups in total. The summed E-state index contributed by atoms with van der Waals surface area (Å²) in [5, 5.41) is 8.96. The molecule has 0 aliphatic carbocycles. The Kier molecular flexibility index (Phi) is 5.27. The number of hydrogen-bond acceptors (Lipinski definition) is 4. The second-order valence-corrected chi connectivity index (χ2v) is 9.13. The highest BCUT2D eigenvalue weighted by Crippen LogP contribution is 2.29. The lowest BCUT2D eigenvalue weighted by Gasteiger charge is -2.32. The second kappa shape index (κ2) is 7.20. The second-order valence-electron chi connectivity index (χ2n) is 7.24. The molecule has 2 saturated heterocycles. The smallest absolute Gasteiger partial charge is 0.343 e. The summed E-state index contributed by atoms with van der Waals surface area (Å²) in [4.78, 5) is 24.8. The third kappa shape index (κ3) is 3.70. The third-order valence-corrected chi connectivity index (χ3v) is 7.33. The average Bonchev–Trinajstić information content (AvgIpc) is 3.05. The molecule has 2 aliphatic heterocycles. The molecule has 0 bridgehead atoms. The summed E-state index contributed by atoms with van der Waals surface area (Å²) < 4.78 is 41.6. The molecule has 7 nitrogen and oxygen atoms in total. The lowest BCUT2D eigenvalue weighted by Crippen LogP contribution is -2.42. The first-order valence-corrected chi connectivity index (χ1v) is 10.4. The normalized spacial score (nSPS) is 26.9. The number of halogens is 1. The molecule has 9 heteroatoms. The van der Waals surface area contributed by atoms with Gasteiger partial charge in [0.05, 0.1) is 11.4 Å². The maximum Gasteiger partial charge on any atom is 0.343 e. The van der Waals surface area contributed by atoms with Crippen LogP contribution in [0.3, 0.4) is 0 Å². The van der Waals surface area contributed by atoms with Crippen molar-refractivity contribution in [3.8, 4) is 0 Å². The Hall–Kier alpha value is -2.00. The highest BCUT2D eigenvalue weighted by Gasteiger charge is 2.47. The molecular formula is C18H23FN2O5S. The number of carbonyl (C=O) groups excluding carboxylic acids is 1. The van der Waals surface area contributed by atoms with Crippen LogP contribution in [0.2, 0.25) is 0 Å². The fourth-order valence-corrected chi connectivity index (χ4v) is 5.40. The summed E-state index contributed by atoms with van der Waals surface area (Å²) in [6, 6.07) is 5.56. The molecule has 0 aromatic heterocycles. The lowest BCUT2D eigenvalue weighted by molar-refractivity contribution is -0.149. The summed E-state index contributed by atoms with van der Waals surface area (Å²) in [5.74, 6) is -2.16. The largest absolute Gasteiger partial charge is 0.479 e. The van der Waals surface area contributed by atoms with Crippen LogP contribution in [-0.2, 0) is 14.8 Å². The van der Waals surface area contributed by atoms with E-state index in [1.807, 2.05) is 6.92 Å². The molecule has 2 aliphatic rings. The molecule has 0 saturated carbocycles. The summed E-state index contributed by atoms with van der Waals surface area (Å²) in [7, 11) is -3.73. The molecule has 3 rings (SSSR count). The van der Waals surface area contributed by atoms with Crippen LogP contribution in [0.25, 0.3) is 0 Å². The number of piperidine rings is 1. The van der Waals surface area contributed by atoms with Crippen molar-refractivity contribution in [2.45, 2.75) is 49.2 Å². The Morgan fingerprint density at radius 3 is 2.63 bits per heavy atom. The van der Waals surface area contributed by atoms with Gasteiger partial charge in [-0.05, 0) is 38.0 Å². The molecule has 148 valence electrons. The number of aliphatic carboxylic acids is 1. The molecule has 2 unspecified atom stereocenters. The van der Waals surface area contributed by atoms with E-state index < -0.39 is 34.1 Å². The zero-order chi connectivity index (χ0) is 19.8. The van der Waals surface area contributed by atoms with Crippen LogP contribution in [0.4, 0.5) is 4.39 Å². The van der Waals surface area contributed by atoms with Gasteiger partial charge in [-0.25, -0.2) is 17.6 Å². The van der Waals surface area contributed by atoms with Crippen LogP contribution in [0.15, 0.2) is 29.2 Å². The number of amides is 1. The standard InChI is InChI=1S/C18H23FN2O5S/c1-13-5-2-3-9-21(13)27(25,26)15-7-4-6-14(11-15)16(22)20-10-8-18(19,12-20)17(23)24/h4,6-7,11,13H,2-3,5,8-10,12H2,1H3,(H,23,24). The van der Waals surface area contributed by atoms with Crippen LogP contribution in [-0.4, -0.2) is 66.0 Å². The van der Waals surface area contributed by atoms with E-state index in [1.54, 1.807) is 0 Å². The number of hydrogen-bond donors (Lipinski definition) is 1. The molecule has 2 fully saturated rings. The van der Waals surface area contributed by atoms with Crippen LogP contribution in [0, 0.1) is 0 Å². The SMILES string of the molecule is CC1CCCCN1S(=O)(=O)c1cccc(C(=O)N2CCC(F)(C(=O)O)C2)c1. The van der Waals surface area contributed by atoms with E-state index in [2.05, 4.69) is 0 Å². The van der Waals surface area contributed by atoms with E-state index in [9.17, 15) is 22.4 Å². The number of rotatable bonds is 4. The minimum Gasteiger partial charge on any atom is -0.479 e. The van der Waals surface area contributed by atoms with E-state index >= 15 is 0 Å². The Morgan fingerprint density at radius 1 is 1.26 bits per heavy atom. The van der Waals surface area contributed by atoms with Crippen molar-refractivity contribution < 1.29 is 27.5 Å². The van der Waals surface area contributed by atoms with Gasteiger partial charge in [-0.2, -0.15) is 4.31 Å². The molecule has 1 aromatic carbocycles. The van der Waals surface area contributed by atoms with E-state index in [-0.39, 0.29) is 29.5 Å². The van der Waals surface area contributed by atoms with E-state index in [4.69, 9.17) is 5.11 Å². The molecule has 2 atom stereocenters. The molecule has 0 radical (unpaired) electrons. The molecule has 1 amide bonds. The molecule has 1 aromatic rings. The number of nitrogens with zero attached hydrogens (tertiary/aromatic N) is 2. The first-order valence-electron chi connectivity index (χ1n) is 8.99. The quantitative estimate of drug-likeness (QED) is 0.836. The number of carboxylic acids is 1. The Labute approximate surface area is 157 Å². The Balaban J connectivity index is 1.83. The average molecular weight is 398 g/mol. The van der Waals surface area contributed by atoms with Crippen molar-refractivity contribution in [2.75, 3.05) is 19.6 Å². The predicted octanol–water partition coefficient (Wildman–Crippen LogP) is 1.89. The van der Waals surface area contributed by atoms with Gasteiger partial charge in [0, 0.05) is 31.1 Å². The molecule has 0 spiro atoms. The number of alkyl halides is 1. The van der Waals surface area contributed by atoms with Gasteiger partial charge < -0.3 is 10.0 Å². The number of sulfonamides is 1. The van der Waals surface area contributed by atoms with Gasteiger partial charge in [0.25, 0.3) is 5.91 Å². The number of likely N-dealkylation sites (tertiary alicyclic amines) is 1. The maximum atomic E-state index is 14.2. The van der Waals surface area contributed by atoms with Crippen molar-refractivity contribution in [1.82, 2.24) is 9.21 Å². The van der Waals surface area contributed by atoms with Gasteiger partial charge in [-0.3, -0.25) is 4.79 Å². The van der Waals surface area contributed by atoms with E-state index in [0.717, 1.165) is 24.2 Å². The van der Waals surface area contributed by atoms with Crippen LogP contribution < -0.4 is 0 Å². The van der Waals surface area contributed by atoms with Crippen LogP contribution in [0.5, 0.6) is 0 Å². The predicted molar refractivity (Wildman–Crippen MR) is 95.6 cm³/mol. The molecule has 2 heterocycles. The number of carboxylic acid groups (broad SMARTS) is 1. The van der Waals surface area contributed by atoms with Crippen LogP contribution >= 0.6 is 0 Å². The number of benzene rings is 1. The highest BCUT2D eigenvalue weighted by molar-refractivity contribution is 7.89. The van der Waals surface area contributed by atoms with Crippen molar-refractivity contribution in [1.29, 1.82) is 0 Å². The topological polar surface area (TPSA) is 95.0 Å². The van der Waals surface area contributed by atoms with E-state index in [0.29, 0.717) is 6.54 Å². The molecule has 27 heavy (non-hydrogen) atoms. The fourth-order valence-electron chi connectivity index (χ4n) is 3.66. The van der Waals surface area contributed by atoms with Crippen molar-refractivity contribution in [3.05, 3.63) is 29.8 Å². The minimum absolute atomic E-state index is 0.0195. The van der Waals surface area contributed by atoms with Gasteiger partial charge in [0.1, 0.15) is 0 Å². The fraction of sp³-hybridized carbons (Fsp3) is 0.556. The van der Waals surface area contributed by atoms with Gasteiger partial charge in [0.15, 0.2) is 0 Å². The monoisotopic (exact) mass is 398 g/mol. The number of carbonyl (C=O) groups is 2. The van der Waals surface area contributed by atoms with Crippen molar-refractivity contribution >= 4 is 21.9 Å². The Morgan fingerprint density at radius 2 is 2.00 bits per heavy atom. The van der Waals surface area contributed by atoms with Gasteiger partial charge in [-0.15, -0.1) is 0 Å². The third-order valence-electron chi connectivity index (χ3n) is 5.32. The zero-order valence-corrected chi connectivity index (χ0v) is 15.9. The summed E-state index contributed by atoms with van der Waals surface area (Å²) in [5.41, 5.74) is -2.35.